The summed E-state index contributed by atoms with van der Waals surface area (Å²) in [6.45, 7) is 0.651. The van der Waals surface area contributed by atoms with E-state index in [1.165, 1.54) is 76.6 Å². The standard InChI is InChI=1S/C39H24Br2N2/c40-36-29-17-5-1-13-25(29)27-15-3-7-19-31(27)38(36)42-23-43(34-22-10-12-24-11-9-21-33(42)35(24)34)39-32-20-8-4-16-28(32)26-14-2-6-18-30(26)37(39)41/h1-22H,23H2. The molecule has 0 aliphatic carbocycles. The van der Waals surface area contributed by atoms with E-state index in [4.69, 9.17) is 0 Å². The fourth-order valence-corrected chi connectivity index (χ4v) is 8.66. The van der Waals surface area contributed by atoms with Gasteiger partial charge in [0.05, 0.1) is 22.7 Å². The van der Waals surface area contributed by atoms with Crippen LogP contribution in [0.25, 0.3) is 53.9 Å². The maximum atomic E-state index is 4.12. The van der Waals surface area contributed by atoms with Crippen molar-refractivity contribution in [2.24, 2.45) is 0 Å². The van der Waals surface area contributed by atoms with Gasteiger partial charge in [0.15, 0.2) is 0 Å². The summed E-state index contributed by atoms with van der Waals surface area (Å²) in [5.74, 6) is 0. The molecule has 8 aromatic carbocycles. The van der Waals surface area contributed by atoms with Gasteiger partial charge in [0.1, 0.15) is 6.67 Å². The normalized spacial score (nSPS) is 13.2. The van der Waals surface area contributed by atoms with E-state index >= 15 is 0 Å². The van der Waals surface area contributed by atoms with E-state index in [1.807, 2.05) is 0 Å². The average Bonchev–Trinajstić information content (AvgIpc) is 3.07. The fourth-order valence-electron chi connectivity index (χ4n) is 7.11. The minimum Gasteiger partial charge on any atom is -0.321 e. The summed E-state index contributed by atoms with van der Waals surface area (Å²) in [5, 5.41) is 12.4. The molecule has 0 radical (unpaired) electrons. The first-order valence-corrected chi connectivity index (χ1v) is 16.0. The molecule has 0 atom stereocenters. The largest absolute Gasteiger partial charge is 0.321 e. The molecular weight excluding hydrogens is 656 g/mol. The number of rotatable bonds is 2. The zero-order valence-corrected chi connectivity index (χ0v) is 26.2. The third-order valence-electron chi connectivity index (χ3n) is 8.95. The van der Waals surface area contributed by atoms with Gasteiger partial charge in [-0.2, -0.15) is 0 Å². The Morgan fingerprint density at radius 1 is 0.372 bits per heavy atom. The van der Waals surface area contributed by atoms with Crippen LogP contribution in [0.1, 0.15) is 0 Å². The molecule has 1 aliphatic rings. The van der Waals surface area contributed by atoms with Crippen LogP contribution in [0, 0.1) is 0 Å². The Balaban J connectivity index is 1.41. The molecule has 0 N–H and O–H groups in total. The number of hydrogen-bond acceptors (Lipinski definition) is 2. The summed E-state index contributed by atoms with van der Waals surface area (Å²) in [7, 11) is 0. The van der Waals surface area contributed by atoms with Crippen molar-refractivity contribution < 1.29 is 0 Å². The third kappa shape index (κ3) is 3.57. The summed E-state index contributed by atoms with van der Waals surface area (Å²) >= 11 is 8.24. The Kier molecular flexibility index (Phi) is 5.59. The highest BCUT2D eigenvalue weighted by atomic mass is 79.9. The minimum absolute atomic E-state index is 0.651. The lowest BCUT2D eigenvalue weighted by Gasteiger charge is -2.41. The molecule has 0 spiro atoms. The van der Waals surface area contributed by atoms with Crippen molar-refractivity contribution in [2.45, 2.75) is 0 Å². The molecule has 204 valence electrons. The lowest BCUT2D eigenvalue weighted by molar-refractivity contribution is 0.922. The second-order valence-electron chi connectivity index (χ2n) is 11.2. The molecule has 9 rings (SSSR count). The zero-order valence-electron chi connectivity index (χ0n) is 23.1. The number of fused-ring (bicyclic) bond motifs is 6. The minimum atomic E-state index is 0.651. The van der Waals surface area contributed by atoms with Gasteiger partial charge >= 0.3 is 0 Å². The maximum Gasteiger partial charge on any atom is 0.100 e. The van der Waals surface area contributed by atoms with E-state index in [2.05, 4.69) is 175 Å². The molecule has 8 aromatic rings. The van der Waals surface area contributed by atoms with Crippen molar-refractivity contribution >= 4 is 108 Å². The van der Waals surface area contributed by atoms with Gasteiger partial charge in [-0.15, -0.1) is 0 Å². The van der Waals surface area contributed by atoms with E-state index in [0.717, 1.165) is 8.95 Å². The molecule has 0 amide bonds. The second-order valence-corrected chi connectivity index (χ2v) is 12.7. The highest BCUT2D eigenvalue weighted by Crippen LogP contribution is 2.53. The predicted molar refractivity (Wildman–Crippen MR) is 191 cm³/mol. The maximum absolute atomic E-state index is 4.12. The monoisotopic (exact) mass is 678 g/mol. The van der Waals surface area contributed by atoms with Crippen molar-refractivity contribution in [3.8, 4) is 0 Å². The van der Waals surface area contributed by atoms with Gasteiger partial charge in [0, 0.05) is 25.1 Å². The Bertz CT molecular complexity index is 2270. The van der Waals surface area contributed by atoms with Crippen LogP contribution >= 0.6 is 31.9 Å². The molecule has 0 saturated heterocycles. The van der Waals surface area contributed by atoms with E-state index in [1.54, 1.807) is 0 Å². The van der Waals surface area contributed by atoms with Crippen molar-refractivity contribution in [1.29, 1.82) is 0 Å². The van der Waals surface area contributed by atoms with Gasteiger partial charge in [-0.3, -0.25) is 0 Å². The van der Waals surface area contributed by atoms with E-state index in [9.17, 15) is 0 Å². The SMILES string of the molecule is Brc1c(N2CN(c3c(Br)c4ccccc4c4ccccc34)c3cccc4cccc2c34)c2ccccc2c2ccccc12. The summed E-state index contributed by atoms with van der Waals surface area (Å²) in [5.41, 5.74) is 4.79. The van der Waals surface area contributed by atoms with Crippen LogP contribution in [-0.4, -0.2) is 6.67 Å². The lowest BCUT2D eigenvalue weighted by atomic mass is 9.96. The van der Waals surface area contributed by atoms with Crippen LogP contribution in [0.4, 0.5) is 22.7 Å². The number of halogens is 2. The molecule has 0 unspecified atom stereocenters. The third-order valence-corrected chi connectivity index (χ3v) is 10.6. The van der Waals surface area contributed by atoms with Gasteiger partial charge in [0.25, 0.3) is 0 Å². The Morgan fingerprint density at radius 3 is 1.14 bits per heavy atom. The van der Waals surface area contributed by atoms with Crippen molar-refractivity contribution in [3.05, 3.63) is 142 Å². The Hall–Kier alpha value is -4.38. The predicted octanol–water partition coefficient (Wildman–Crippen LogP) is 12.2. The van der Waals surface area contributed by atoms with E-state index < -0.39 is 0 Å². The van der Waals surface area contributed by atoms with Crippen LogP contribution in [0.3, 0.4) is 0 Å². The number of nitrogens with zero attached hydrogens (tertiary/aromatic N) is 2. The van der Waals surface area contributed by atoms with Crippen LogP contribution in [0.5, 0.6) is 0 Å². The first kappa shape index (κ1) is 25.1. The first-order chi connectivity index (χ1) is 21.2. The number of hydrogen-bond donors (Lipinski definition) is 0. The molecule has 0 aromatic heterocycles. The van der Waals surface area contributed by atoms with Crippen molar-refractivity contribution in [2.75, 3.05) is 16.5 Å². The Morgan fingerprint density at radius 2 is 0.721 bits per heavy atom. The molecule has 1 aliphatic heterocycles. The van der Waals surface area contributed by atoms with E-state index in [0.29, 0.717) is 6.67 Å². The molecule has 43 heavy (non-hydrogen) atoms. The topological polar surface area (TPSA) is 6.48 Å². The summed E-state index contributed by atoms with van der Waals surface area (Å²) in [6.07, 6.45) is 0. The van der Waals surface area contributed by atoms with Crippen LogP contribution < -0.4 is 9.80 Å². The number of benzene rings is 8. The highest BCUT2D eigenvalue weighted by Gasteiger charge is 2.31. The van der Waals surface area contributed by atoms with Gasteiger partial charge in [-0.05, 0) is 81.7 Å². The van der Waals surface area contributed by atoms with Crippen LogP contribution in [0.2, 0.25) is 0 Å². The van der Waals surface area contributed by atoms with Gasteiger partial charge in [0.2, 0.25) is 0 Å². The smallest absolute Gasteiger partial charge is 0.100 e. The second kappa shape index (κ2) is 9.57. The van der Waals surface area contributed by atoms with Gasteiger partial charge < -0.3 is 9.80 Å². The summed E-state index contributed by atoms with van der Waals surface area (Å²) in [4.78, 5) is 5.01. The van der Waals surface area contributed by atoms with Crippen molar-refractivity contribution in [1.82, 2.24) is 0 Å². The number of anilines is 4. The molecule has 1 heterocycles. The molecule has 4 heteroatoms. The summed E-state index contributed by atoms with van der Waals surface area (Å²) in [6, 6.07) is 48.4. The molecule has 2 nitrogen and oxygen atoms in total. The molecular formula is C39H24Br2N2. The lowest BCUT2D eigenvalue weighted by Crippen LogP contribution is -2.36. The van der Waals surface area contributed by atoms with Crippen molar-refractivity contribution in [3.63, 3.8) is 0 Å². The fraction of sp³-hybridized carbons (Fsp3) is 0.0256. The molecule has 0 bridgehead atoms. The summed E-state index contributed by atoms with van der Waals surface area (Å²) < 4.78 is 2.22. The highest BCUT2D eigenvalue weighted by molar-refractivity contribution is 9.11. The van der Waals surface area contributed by atoms with E-state index in [-0.39, 0.29) is 0 Å². The Labute approximate surface area is 266 Å². The quantitative estimate of drug-likeness (QED) is 0.168. The van der Waals surface area contributed by atoms with Gasteiger partial charge in [-0.1, -0.05) is 121 Å². The average molecular weight is 680 g/mol. The molecule has 0 saturated carbocycles. The first-order valence-electron chi connectivity index (χ1n) is 14.5. The zero-order chi connectivity index (χ0) is 28.7. The van der Waals surface area contributed by atoms with Crippen LogP contribution in [0.15, 0.2) is 142 Å². The van der Waals surface area contributed by atoms with Crippen LogP contribution in [-0.2, 0) is 0 Å². The molecule has 0 fully saturated rings. The van der Waals surface area contributed by atoms with Gasteiger partial charge in [-0.25, -0.2) is 0 Å².